The van der Waals surface area contributed by atoms with Gasteiger partial charge in [0.05, 0.1) is 18.8 Å². The van der Waals surface area contributed by atoms with Crippen molar-refractivity contribution in [2.75, 3.05) is 39.5 Å². The number of quaternary nitrogens is 1. The molecule has 1 aliphatic rings. The number of nitriles is 1. The fourth-order valence-electron chi connectivity index (χ4n) is 1.90. The number of para-hydroxylation sites is 1. The van der Waals surface area contributed by atoms with E-state index in [-0.39, 0.29) is 0 Å². The van der Waals surface area contributed by atoms with Gasteiger partial charge in [-0.15, -0.1) is 0 Å². The fraction of sp³-hybridized carbons (Fsp3) is 0.462. The van der Waals surface area contributed by atoms with Crippen molar-refractivity contribution in [3.63, 3.8) is 0 Å². The molecule has 17 heavy (non-hydrogen) atoms. The second-order valence-electron chi connectivity index (χ2n) is 4.07. The molecular weight excluding hydrogens is 216 g/mol. The number of ether oxygens (including phenoxy) is 2. The summed E-state index contributed by atoms with van der Waals surface area (Å²) < 4.78 is 10.9. The molecule has 90 valence electrons. The molecule has 0 aliphatic carbocycles. The lowest BCUT2D eigenvalue weighted by Crippen LogP contribution is -3.14. The highest BCUT2D eigenvalue weighted by Crippen LogP contribution is 2.15. The second-order valence-corrected chi connectivity index (χ2v) is 4.07. The Balaban J connectivity index is 1.79. The smallest absolute Gasteiger partial charge is 0.137 e. The van der Waals surface area contributed by atoms with Gasteiger partial charge in [0, 0.05) is 0 Å². The van der Waals surface area contributed by atoms with Crippen molar-refractivity contribution in [3.05, 3.63) is 29.8 Å². The fourth-order valence-corrected chi connectivity index (χ4v) is 1.90. The highest BCUT2D eigenvalue weighted by atomic mass is 16.5. The quantitative estimate of drug-likeness (QED) is 0.787. The lowest BCUT2D eigenvalue weighted by molar-refractivity contribution is -0.908. The minimum Gasteiger partial charge on any atom is -0.486 e. The maximum atomic E-state index is 8.91. The van der Waals surface area contributed by atoms with Gasteiger partial charge in [-0.3, -0.25) is 0 Å². The largest absolute Gasteiger partial charge is 0.486 e. The topological polar surface area (TPSA) is 46.7 Å². The van der Waals surface area contributed by atoms with Crippen LogP contribution in [0.3, 0.4) is 0 Å². The standard InChI is InChI=1S/C13H16N2O2/c14-11-12-3-1-2-4-13(12)17-10-7-15-5-8-16-9-6-15/h1-4H,5-10H2/p+1. The molecule has 1 N–H and O–H groups in total. The molecule has 0 saturated carbocycles. The maximum Gasteiger partial charge on any atom is 0.137 e. The van der Waals surface area contributed by atoms with Crippen LogP contribution >= 0.6 is 0 Å². The van der Waals surface area contributed by atoms with Gasteiger partial charge in [0.25, 0.3) is 0 Å². The zero-order valence-electron chi connectivity index (χ0n) is 9.82. The van der Waals surface area contributed by atoms with Gasteiger partial charge in [-0.2, -0.15) is 5.26 Å². The van der Waals surface area contributed by atoms with Gasteiger partial charge in [-0.05, 0) is 12.1 Å². The van der Waals surface area contributed by atoms with Crippen LogP contribution in [0.2, 0.25) is 0 Å². The van der Waals surface area contributed by atoms with Gasteiger partial charge in [0.1, 0.15) is 38.1 Å². The molecule has 1 heterocycles. The van der Waals surface area contributed by atoms with Gasteiger partial charge in [-0.1, -0.05) is 12.1 Å². The number of rotatable bonds is 4. The first-order valence-corrected chi connectivity index (χ1v) is 5.93. The number of hydrogen-bond acceptors (Lipinski definition) is 3. The zero-order valence-corrected chi connectivity index (χ0v) is 9.82. The molecule has 1 aromatic rings. The van der Waals surface area contributed by atoms with Crippen LogP contribution in [0.4, 0.5) is 0 Å². The Morgan fingerprint density at radius 3 is 2.82 bits per heavy atom. The summed E-state index contributed by atoms with van der Waals surface area (Å²) in [6.45, 7) is 5.37. The number of nitrogens with zero attached hydrogens (tertiary/aromatic N) is 1. The Morgan fingerprint density at radius 1 is 1.29 bits per heavy atom. The van der Waals surface area contributed by atoms with E-state index < -0.39 is 0 Å². The zero-order chi connectivity index (χ0) is 11.9. The van der Waals surface area contributed by atoms with Crippen LogP contribution in [0.15, 0.2) is 24.3 Å². The molecular formula is C13H17N2O2+. The summed E-state index contributed by atoms with van der Waals surface area (Å²) in [6.07, 6.45) is 0. The molecule has 0 amide bonds. The Morgan fingerprint density at radius 2 is 2.06 bits per heavy atom. The van der Waals surface area contributed by atoms with E-state index in [1.54, 1.807) is 6.07 Å². The molecule has 2 rings (SSSR count). The van der Waals surface area contributed by atoms with Gasteiger partial charge in [0.2, 0.25) is 0 Å². The Kier molecular flexibility index (Phi) is 4.37. The molecule has 1 fully saturated rings. The van der Waals surface area contributed by atoms with Crippen LogP contribution in [0.5, 0.6) is 5.75 Å². The van der Waals surface area contributed by atoms with E-state index in [0.717, 1.165) is 32.8 Å². The molecule has 0 atom stereocenters. The number of benzene rings is 1. The summed E-state index contributed by atoms with van der Waals surface area (Å²) in [7, 11) is 0. The van der Waals surface area contributed by atoms with E-state index in [1.165, 1.54) is 4.90 Å². The number of hydrogen-bond donors (Lipinski definition) is 1. The van der Waals surface area contributed by atoms with Crippen LogP contribution in [0.1, 0.15) is 5.56 Å². The third-order valence-electron chi connectivity index (χ3n) is 2.92. The molecule has 1 aromatic carbocycles. The van der Waals surface area contributed by atoms with Crippen LogP contribution in [-0.2, 0) is 4.74 Å². The van der Waals surface area contributed by atoms with Gasteiger partial charge < -0.3 is 14.4 Å². The summed E-state index contributed by atoms with van der Waals surface area (Å²) >= 11 is 0. The lowest BCUT2D eigenvalue weighted by atomic mass is 10.2. The van der Waals surface area contributed by atoms with Crippen molar-refractivity contribution in [3.8, 4) is 11.8 Å². The van der Waals surface area contributed by atoms with E-state index in [4.69, 9.17) is 14.7 Å². The number of nitrogens with one attached hydrogen (secondary N) is 1. The Labute approximate surface area is 101 Å². The minimum absolute atomic E-state index is 0.601. The van der Waals surface area contributed by atoms with E-state index in [1.807, 2.05) is 18.2 Å². The lowest BCUT2D eigenvalue weighted by Gasteiger charge is -2.23. The summed E-state index contributed by atoms with van der Waals surface area (Å²) in [4.78, 5) is 1.51. The molecule has 4 nitrogen and oxygen atoms in total. The van der Waals surface area contributed by atoms with E-state index in [2.05, 4.69) is 6.07 Å². The third kappa shape index (κ3) is 3.45. The monoisotopic (exact) mass is 233 g/mol. The average Bonchev–Trinajstić information content (AvgIpc) is 2.40. The average molecular weight is 233 g/mol. The van der Waals surface area contributed by atoms with Crippen molar-refractivity contribution in [1.82, 2.24) is 0 Å². The molecule has 0 bridgehead atoms. The molecule has 4 heteroatoms. The molecule has 1 saturated heterocycles. The van der Waals surface area contributed by atoms with E-state index >= 15 is 0 Å². The van der Waals surface area contributed by atoms with Gasteiger partial charge in [0.15, 0.2) is 0 Å². The SMILES string of the molecule is N#Cc1ccccc1OCC[NH+]1CCOCC1. The highest BCUT2D eigenvalue weighted by molar-refractivity contribution is 5.42. The summed E-state index contributed by atoms with van der Waals surface area (Å²) in [5, 5.41) is 8.91. The van der Waals surface area contributed by atoms with Crippen molar-refractivity contribution in [2.45, 2.75) is 0 Å². The molecule has 1 aliphatic heterocycles. The van der Waals surface area contributed by atoms with E-state index in [0.29, 0.717) is 17.9 Å². The number of morpholine rings is 1. The van der Waals surface area contributed by atoms with Crippen LogP contribution in [0, 0.1) is 11.3 Å². The van der Waals surface area contributed by atoms with Gasteiger partial charge >= 0.3 is 0 Å². The van der Waals surface area contributed by atoms with Crippen molar-refractivity contribution in [1.29, 1.82) is 5.26 Å². The van der Waals surface area contributed by atoms with Crippen LogP contribution in [-0.4, -0.2) is 39.5 Å². The minimum atomic E-state index is 0.601. The summed E-state index contributed by atoms with van der Waals surface area (Å²) in [5.74, 6) is 0.683. The normalized spacial score (nSPS) is 16.4. The molecule has 0 spiro atoms. The Hall–Kier alpha value is -1.57. The summed E-state index contributed by atoms with van der Waals surface area (Å²) in [5.41, 5.74) is 0.601. The van der Waals surface area contributed by atoms with Crippen molar-refractivity contribution >= 4 is 0 Å². The molecule has 0 aromatic heterocycles. The van der Waals surface area contributed by atoms with E-state index in [9.17, 15) is 0 Å². The Bertz CT molecular complexity index is 395. The highest BCUT2D eigenvalue weighted by Gasteiger charge is 2.13. The van der Waals surface area contributed by atoms with Crippen molar-refractivity contribution < 1.29 is 14.4 Å². The maximum absolute atomic E-state index is 8.91. The van der Waals surface area contributed by atoms with Crippen LogP contribution < -0.4 is 9.64 Å². The molecule has 0 radical (unpaired) electrons. The predicted molar refractivity (Wildman–Crippen MR) is 63.0 cm³/mol. The first-order valence-electron chi connectivity index (χ1n) is 5.93. The van der Waals surface area contributed by atoms with Gasteiger partial charge in [-0.25, -0.2) is 0 Å². The third-order valence-corrected chi connectivity index (χ3v) is 2.92. The predicted octanol–water partition coefficient (Wildman–Crippen LogP) is -0.148. The second kappa shape index (κ2) is 6.24. The first kappa shape index (κ1) is 11.9. The van der Waals surface area contributed by atoms with Crippen molar-refractivity contribution in [2.24, 2.45) is 0 Å². The molecule has 0 unspecified atom stereocenters. The summed E-state index contributed by atoms with van der Waals surface area (Å²) in [6, 6.07) is 9.48. The first-order chi connectivity index (χ1) is 8.40. The van der Waals surface area contributed by atoms with Crippen LogP contribution in [0.25, 0.3) is 0 Å².